The SMILES string of the molecule is Cc1ccc(S(N)(=O)=O)c(Cl)c1Br. The van der Waals surface area contributed by atoms with Gasteiger partial charge in [0.1, 0.15) is 4.90 Å². The van der Waals surface area contributed by atoms with E-state index in [0.717, 1.165) is 5.56 Å². The fraction of sp³-hybridized carbons (Fsp3) is 0.143. The zero-order valence-electron chi connectivity index (χ0n) is 6.71. The molecule has 1 aromatic rings. The summed E-state index contributed by atoms with van der Waals surface area (Å²) < 4.78 is 22.5. The van der Waals surface area contributed by atoms with Crippen LogP contribution in [-0.2, 0) is 10.0 Å². The molecule has 0 saturated carbocycles. The maximum atomic E-state index is 11.0. The number of sulfonamides is 1. The van der Waals surface area contributed by atoms with Crippen molar-refractivity contribution in [3.05, 3.63) is 27.2 Å². The number of hydrogen-bond acceptors (Lipinski definition) is 2. The number of primary sulfonamides is 1. The average molecular weight is 285 g/mol. The highest BCUT2D eigenvalue weighted by molar-refractivity contribution is 9.10. The number of nitrogens with two attached hydrogens (primary N) is 1. The Kier molecular flexibility index (Phi) is 3.01. The number of aryl methyl sites for hydroxylation is 1. The first kappa shape index (κ1) is 11.0. The van der Waals surface area contributed by atoms with E-state index >= 15 is 0 Å². The van der Waals surface area contributed by atoms with E-state index in [4.69, 9.17) is 16.7 Å². The minimum Gasteiger partial charge on any atom is -0.225 e. The Morgan fingerprint density at radius 2 is 2.00 bits per heavy atom. The molecule has 0 atom stereocenters. The van der Waals surface area contributed by atoms with Crippen molar-refractivity contribution in [1.29, 1.82) is 0 Å². The molecule has 0 amide bonds. The molecule has 72 valence electrons. The van der Waals surface area contributed by atoms with Crippen LogP contribution in [0.5, 0.6) is 0 Å². The van der Waals surface area contributed by atoms with Crippen LogP contribution in [0.2, 0.25) is 5.02 Å². The second kappa shape index (κ2) is 3.57. The van der Waals surface area contributed by atoms with Crippen molar-refractivity contribution < 1.29 is 8.42 Å². The van der Waals surface area contributed by atoms with E-state index in [1.54, 1.807) is 6.07 Å². The van der Waals surface area contributed by atoms with Crippen LogP contribution in [0.3, 0.4) is 0 Å². The van der Waals surface area contributed by atoms with Gasteiger partial charge in [-0.25, -0.2) is 13.6 Å². The minimum absolute atomic E-state index is 0.0633. The summed E-state index contributed by atoms with van der Waals surface area (Å²) in [6.45, 7) is 1.81. The van der Waals surface area contributed by atoms with Crippen LogP contribution in [0.15, 0.2) is 21.5 Å². The van der Waals surface area contributed by atoms with Gasteiger partial charge in [0.05, 0.1) is 5.02 Å². The van der Waals surface area contributed by atoms with Crippen molar-refractivity contribution in [2.75, 3.05) is 0 Å². The zero-order valence-corrected chi connectivity index (χ0v) is 9.87. The summed E-state index contributed by atoms with van der Waals surface area (Å²) in [5.41, 5.74) is 0.859. The Hall–Kier alpha value is -0.100. The molecule has 0 aliphatic rings. The van der Waals surface area contributed by atoms with Gasteiger partial charge in [-0.1, -0.05) is 17.7 Å². The lowest BCUT2D eigenvalue weighted by molar-refractivity contribution is 0.598. The summed E-state index contributed by atoms with van der Waals surface area (Å²) in [7, 11) is -3.73. The molecule has 3 nitrogen and oxygen atoms in total. The molecule has 0 aromatic heterocycles. The van der Waals surface area contributed by atoms with Gasteiger partial charge in [0, 0.05) is 4.47 Å². The average Bonchev–Trinajstić information content (AvgIpc) is 1.98. The van der Waals surface area contributed by atoms with Gasteiger partial charge in [-0.05, 0) is 34.5 Å². The molecule has 0 radical (unpaired) electrons. The normalized spacial score (nSPS) is 11.7. The highest BCUT2D eigenvalue weighted by atomic mass is 79.9. The van der Waals surface area contributed by atoms with Gasteiger partial charge in [0.25, 0.3) is 0 Å². The maximum absolute atomic E-state index is 11.0. The highest BCUT2D eigenvalue weighted by Crippen LogP contribution is 2.31. The lowest BCUT2D eigenvalue weighted by atomic mass is 10.2. The molecule has 0 bridgehead atoms. The van der Waals surface area contributed by atoms with Gasteiger partial charge in [0.15, 0.2) is 0 Å². The third-order valence-corrected chi connectivity index (χ3v) is 4.25. The summed E-state index contributed by atoms with van der Waals surface area (Å²) >= 11 is 8.95. The van der Waals surface area contributed by atoms with Gasteiger partial charge in [-0.15, -0.1) is 0 Å². The fourth-order valence-electron chi connectivity index (χ4n) is 0.848. The van der Waals surface area contributed by atoms with Crippen molar-refractivity contribution in [2.45, 2.75) is 11.8 Å². The number of hydrogen-bond donors (Lipinski definition) is 1. The molecule has 0 spiro atoms. The van der Waals surface area contributed by atoms with Crippen LogP contribution in [0, 0.1) is 6.92 Å². The third kappa shape index (κ3) is 2.22. The first-order chi connectivity index (χ1) is 5.84. The largest absolute Gasteiger partial charge is 0.239 e. The summed E-state index contributed by atoms with van der Waals surface area (Å²) in [5, 5.41) is 5.07. The topological polar surface area (TPSA) is 60.2 Å². The van der Waals surface area contributed by atoms with Gasteiger partial charge >= 0.3 is 0 Å². The zero-order chi connectivity index (χ0) is 10.2. The molecule has 0 unspecified atom stereocenters. The molecule has 2 N–H and O–H groups in total. The summed E-state index contributed by atoms with van der Waals surface area (Å²) in [6.07, 6.45) is 0. The Bertz CT molecular complexity index is 444. The molecule has 0 saturated heterocycles. The standard InChI is InChI=1S/C7H7BrClNO2S/c1-4-2-3-5(13(10,11)12)7(9)6(4)8/h2-3H,1H3,(H2,10,11,12). The van der Waals surface area contributed by atoms with Crippen LogP contribution < -0.4 is 5.14 Å². The molecule has 13 heavy (non-hydrogen) atoms. The van der Waals surface area contributed by atoms with Gasteiger partial charge in [-0.3, -0.25) is 0 Å². The number of halogens is 2. The van der Waals surface area contributed by atoms with Gasteiger partial charge < -0.3 is 0 Å². The summed E-state index contributed by atoms with van der Waals surface area (Å²) in [5.74, 6) is 0. The van der Waals surface area contributed by atoms with Crippen molar-refractivity contribution in [3.8, 4) is 0 Å². The van der Waals surface area contributed by atoms with E-state index in [1.165, 1.54) is 6.07 Å². The Labute approximate surface area is 90.1 Å². The summed E-state index contributed by atoms with van der Waals surface area (Å²) in [4.78, 5) is -0.0633. The van der Waals surface area contributed by atoms with Crippen molar-refractivity contribution in [2.24, 2.45) is 5.14 Å². The smallest absolute Gasteiger partial charge is 0.225 e. The molecule has 0 aliphatic carbocycles. The lowest BCUT2D eigenvalue weighted by Gasteiger charge is -2.05. The maximum Gasteiger partial charge on any atom is 0.239 e. The first-order valence-corrected chi connectivity index (χ1v) is 6.03. The van der Waals surface area contributed by atoms with E-state index in [9.17, 15) is 8.42 Å². The van der Waals surface area contributed by atoms with E-state index in [2.05, 4.69) is 15.9 Å². The highest BCUT2D eigenvalue weighted by Gasteiger charge is 2.15. The first-order valence-electron chi connectivity index (χ1n) is 3.31. The molecule has 6 heteroatoms. The minimum atomic E-state index is -3.73. The molecule has 1 rings (SSSR count). The molecule has 0 aliphatic heterocycles. The van der Waals surface area contributed by atoms with E-state index < -0.39 is 10.0 Å². The van der Waals surface area contributed by atoms with E-state index in [-0.39, 0.29) is 9.92 Å². The second-order valence-corrected chi connectivity index (χ2v) is 5.25. The molecular formula is C7H7BrClNO2S. The van der Waals surface area contributed by atoms with E-state index in [1.807, 2.05) is 6.92 Å². The predicted molar refractivity (Wildman–Crippen MR) is 55.3 cm³/mol. The van der Waals surface area contributed by atoms with Crippen LogP contribution in [0.25, 0.3) is 0 Å². The third-order valence-electron chi connectivity index (χ3n) is 1.55. The quantitative estimate of drug-likeness (QED) is 0.858. The number of rotatable bonds is 1. The summed E-state index contributed by atoms with van der Waals surface area (Å²) in [6, 6.07) is 3.02. The van der Waals surface area contributed by atoms with Crippen molar-refractivity contribution >= 4 is 37.6 Å². The van der Waals surface area contributed by atoms with Crippen LogP contribution >= 0.6 is 27.5 Å². The van der Waals surface area contributed by atoms with Crippen molar-refractivity contribution in [1.82, 2.24) is 0 Å². The van der Waals surface area contributed by atoms with Gasteiger partial charge in [-0.2, -0.15) is 0 Å². The van der Waals surface area contributed by atoms with E-state index in [0.29, 0.717) is 4.47 Å². The van der Waals surface area contributed by atoms with Gasteiger partial charge in [0.2, 0.25) is 10.0 Å². The Morgan fingerprint density at radius 1 is 1.46 bits per heavy atom. The Morgan fingerprint density at radius 3 is 2.46 bits per heavy atom. The molecule has 0 heterocycles. The van der Waals surface area contributed by atoms with Crippen LogP contribution in [0.4, 0.5) is 0 Å². The van der Waals surface area contributed by atoms with Crippen LogP contribution in [-0.4, -0.2) is 8.42 Å². The van der Waals surface area contributed by atoms with Crippen molar-refractivity contribution in [3.63, 3.8) is 0 Å². The predicted octanol–water partition coefficient (Wildman–Crippen LogP) is 2.06. The second-order valence-electron chi connectivity index (χ2n) is 2.55. The fourth-order valence-corrected chi connectivity index (χ4v) is 2.47. The lowest BCUT2D eigenvalue weighted by Crippen LogP contribution is -2.12. The molecular weight excluding hydrogens is 278 g/mol. The van der Waals surface area contributed by atoms with Crippen LogP contribution in [0.1, 0.15) is 5.56 Å². The molecule has 1 aromatic carbocycles. The molecule has 0 fully saturated rings. The number of benzene rings is 1. The monoisotopic (exact) mass is 283 g/mol. The Balaban J connectivity index is 3.53.